The number of nitrogens with zero attached hydrogens (tertiary/aromatic N) is 4. The zero-order valence-electron chi connectivity index (χ0n) is 12.9. The smallest absolute Gasteiger partial charge is 0.236 e. The van der Waals surface area contributed by atoms with Crippen molar-refractivity contribution < 1.29 is 9.21 Å². The summed E-state index contributed by atoms with van der Waals surface area (Å²) in [6.45, 7) is 6.16. The predicted molar refractivity (Wildman–Crippen MR) is 94.1 cm³/mol. The predicted octanol–water partition coefficient (Wildman–Crippen LogP) is 3.22. The Bertz CT molecular complexity index is 838. The van der Waals surface area contributed by atoms with E-state index in [-0.39, 0.29) is 11.7 Å². The number of aromatic nitrogens is 4. The first-order valence-electron chi connectivity index (χ1n) is 7.10. The van der Waals surface area contributed by atoms with Crippen molar-refractivity contribution in [1.29, 1.82) is 0 Å². The van der Waals surface area contributed by atoms with Gasteiger partial charge >= 0.3 is 0 Å². The second kappa shape index (κ2) is 7.45. The average molecular weight is 361 g/mol. The highest BCUT2D eigenvalue weighted by Gasteiger charge is 2.16. The molecule has 24 heavy (non-hydrogen) atoms. The maximum atomic E-state index is 12.0. The molecule has 0 aliphatic rings. The molecule has 0 unspecified atom stereocenters. The number of aryl methyl sites for hydroxylation is 1. The van der Waals surface area contributed by atoms with E-state index in [1.165, 1.54) is 23.1 Å². The normalized spacial score (nSPS) is 10.7. The van der Waals surface area contributed by atoms with Gasteiger partial charge in [0, 0.05) is 11.9 Å². The SMILES string of the molecule is C=CCn1c(SCC(=O)Nc2nc(C)cs2)nnc1-c1ccco1. The van der Waals surface area contributed by atoms with Crippen molar-refractivity contribution in [3.8, 4) is 11.6 Å². The lowest BCUT2D eigenvalue weighted by molar-refractivity contribution is -0.113. The molecule has 0 saturated carbocycles. The van der Waals surface area contributed by atoms with Crippen molar-refractivity contribution in [3.05, 3.63) is 42.1 Å². The van der Waals surface area contributed by atoms with E-state index in [0.717, 1.165) is 5.69 Å². The molecule has 3 heterocycles. The molecule has 0 spiro atoms. The van der Waals surface area contributed by atoms with Crippen molar-refractivity contribution in [2.75, 3.05) is 11.1 Å². The van der Waals surface area contributed by atoms with E-state index in [1.807, 2.05) is 22.9 Å². The van der Waals surface area contributed by atoms with Crippen LogP contribution in [0, 0.1) is 6.92 Å². The minimum Gasteiger partial charge on any atom is -0.461 e. The maximum Gasteiger partial charge on any atom is 0.236 e. The molecule has 1 N–H and O–H groups in total. The van der Waals surface area contributed by atoms with E-state index in [0.29, 0.717) is 28.4 Å². The fourth-order valence-electron chi connectivity index (χ4n) is 1.97. The molecule has 0 aliphatic carbocycles. The summed E-state index contributed by atoms with van der Waals surface area (Å²) < 4.78 is 7.23. The van der Waals surface area contributed by atoms with Crippen LogP contribution in [0.15, 0.2) is 46.0 Å². The molecule has 1 amide bonds. The minimum absolute atomic E-state index is 0.137. The summed E-state index contributed by atoms with van der Waals surface area (Å²) in [5.41, 5.74) is 0.886. The van der Waals surface area contributed by atoms with E-state index in [9.17, 15) is 4.79 Å². The fourth-order valence-corrected chi connectivity index (χ4v) is 3.43. The molecule has 0 atom stereocenters. The topological polar surface area (TPSA) is 85.8 Å². The molecule has 0 saturated heterocycles. The number of hydrogen-bond donors (Lipinski definition) is 1. The summed E-state index contributed by atoms with van der Waals surface area (Å²) in [7, 11) is 0. The van der Waals surface area contributed by atoms with E-state index < -0.39 is 0 Å². The summed E-state index contributed by atoms with van der Waals surface area (Å²) in [4.78, 5) is 16.2. The first-order valence-corrected chi connectivity index (χ1v) is 8.96. The van der Waals surface area contributed by atoms with Gasteiger partial charge in [0.15, 0.2) is 16.0 Å². The number of carbonyl (C=O) groups is 1. The molecule has 0 bridgehead atoms. The number of furan rings is 1. The van der Waals surface area contributed by atoms with Gasteiger partial charge in [-0.15, -0.1) is 28.1 Å². The van der Waals surface area contributed by atoms with E-state index in [4.69, 9.17) is 4.42 Å². The van der Waals surface area contributed by atoms with Gasteiger partial charge in [-0.1, -0.05) is 17.8 Å². The summed E-state index contributed by atoms with van der Waals surface area (Å²) >= 11 is 2.71. The number of rotatable bonds is 7. The molecule has 9 heteroatoms. The number of carbonyl (C=O) groups excluding carboxylic acids is 1. The Balaban J connectivity index is 1.68. The van der Waals surface area contributed by atoms with Crippen LogP contribution in [-0.4, -0.2) is 31.4 Å². The summed E-state index contributed by atoms with van der Waals surface area (Å²) in [5.74, 6) is 1.31. The fraction of sp³-hybridized carbons (Fsp3) is 0.200. The second-order valence-corrected chi connectivity index (χ2v) is 6.61. The van der Waals surface area contributed by atoms with Gasteiger partial charge < -0.3 is 9.73 Å². The molecule has 0 fully saturated rings. The molecule has 7 nitrogen and oxygen atoms in total. The van der Waals surface area contributed by atoms with Crippen LogP contribution in [0.2, 0.25) is 0 Å². The van der Waals surface area contributed by atoms with Crippen LogP contribution >= 0.6 is 23.1 Å². The first-order chi connectivity index (χ1) is 11.7. The number of nitrogens with one attached hydrogen (secondary N) is 1. The van der Waals surface area contributed by atoms with E-state index in [2.05, 4.69) is 27.1 Å². The highest BCUT2D eigenvalue weighted by molar-refractivity contribution is 7.99. The second-order valence-electron chi connectivity index (χ2n) is 4.81. The monoisotopic (exact) mass is 361 g/mol. The minimum atomic E-state index is -0.137. The standard InChI is InChI=1S/C15H15N5O2S2/c1-3-6-20-13(11-5-4-7-22-11)18-19-15(20)24-9-12(21)17-14-16-10(2)8-23-14/h3-5,7-8H,1,6,9H2,2H3,(H,16,17,21). The third-order valence-electron chi connectivity index (χ3n) is 2.97. The zero-order chi connectivity index (χ0) is 16.9. The Morgan fingerprint density at radius 2 is 2.42 bits per heavy atom. The van der Waals surface area contributed by atoms with Crippen LogP contribution in [0.25, 0.3) is 11.6 Å². The van der Waals surface area contributed by atoms with Gasteiger partial charge in [-0.05, 0) is 19.1 Å². The number of thioether (sulfide) groups is 1. The Morgan fingerprint density at radius 1 is 1.54 bits per heavy atom. The number of hydrogen-bond acceptors (Lipinski definition) is 7. The first kappa shape index (κ1) is 16.5. The van der Waals surface area contributed by atoms with Crippen LogP contribution < -0.4 is 5.32 Å². The molecule has 0 radical (unpaired) electrons. The zero-order valence-corrected chi connectivity index (χ0v) is 14.6. The van der Waals surface area contributed by atoms with Crippen LogP contribution in [0.3, 0.4) is 0 Å². The molecule has 0 aliphatic heterocycles. The summed E-state index contributed by atoms with van der Waals surface area (Å²) in [6, 6.07) is 3.61. The Kier molecular flexibility index (Phi) is 5.11. The van der Waals surface area contributed by atoms with Gasteiger partial charge in [0.2, 0.25) is 11.7 Å². The van der Waals surface area contributed by atoms with Crippen molar-refractivity contribution in [3.63, 3.8) is 0 Å². The summed E-state index contributed by atoms with van der Waals surface area (Å²) in [5, 5.41) is 14.2. The average Bonchev–Trinajstić information content (AvgIpc) is 3.27. The van der Waals surface area contributed by atoms with Crippen LogP contribution in [0.5, 0.6) is 0 Å². The van der Waals surface area contributed by atoms with Crippen LogP contribution in [-0.2, 0) is 11.3 Å². The van der Waals surface area contributed by atoms with Gasteiger partial charge in [-0.3, -0.25) is 9.36 Å². The number of allylic oxidation sites excluding steroid dienone is 1. The van der Waals surface area contributed by atoms with Crippen LogP contribution in [0.4, 0.5) is 5.13 Å². The van der Waals surface area contributed by atoms with E-state index in [1.54, 1.807) is 18.4 Å². The molecular formula is C15H15N5O2S2. The maximum absolute atomic E-state index is 12.0. The highest BCUT2D eigenvalue weighted by atomic mass is 32.2. The quantitative estimate of drug-likeness (QED) is 0.514. The van der Waals surface area contributed by atoms with Crippen LogP contribution in [0.1, 0.15) is 5.69 Å². The van der Waals surface area contributed by atoms with Gasteiger partial charge in [-0.2, -0.15) is 0 Å². The Morgan fingerprint density at radius 3 is 3.08 bits per heavy atom. The number of thiazole rings is 1. The Labute approximate surface area is 146 Å². The van der Waals surface area contributed by atoms with Gasteiger partial charge in [0.1, 0.15) is 0 Å². The third kappa shape index (κ3) is 3.74. The van der Waals surface area contributed by atoms with Crippen molar-refractivity contribution in [2.24, 2.45) is 0 Å². The lowest BCUT2D eigenvalue weighted by Gasteiger charge is -2.06. The van der Waals surface area contributed by atoms with Crippen molar-refractivity contribution in [2.45, 2.75) is 18.6 Å². The molecular weight excluding hydrogens is 346 g/mol. The van der Waals surface area contributed by atoms with Gasteiger partial charge in [0.25, 0.3) is 0 Å². The molecule has 3 aromatic heterocycles. The lowest BCUT2D eigenvalue weighted by Crippen LogP contribution is -2.14. The van der Waals surface area contributed by atoms with Crippen molar-refractivity contribution in [1.82, 2.24) is 19.7 Å². The summed E-state index contributed by atoms with van der Waals surface area (Å²) in [6.07, 6.45) is 3.33. The van der Waals surface area contributed by atoms with Gasteiger partial charge in [-0.25, -0.2) is 4.98 Å². The molecule has 0 aromatic carbocycles. The third-order valence-corrected chi connectivity index (χ3v) is 4.81. The Hall–Kier alpha value is -2.39. The molecule has 3 aromatic rings. The number of anilines is 1. The molecule has 124 valence electrons. The highest BCUT2D eigenvalue weighted by Crippen LogP contribution is 2.24. The van der Waals surface area contributed by atoms with Gasteiger partial charge in [0.05, 0.1) is 17.7 Å². The lowest BCUT2D eigenvalue weighted by atomic mass is 10.4. The largest absolute Gasteiger partial charge is 0.461 e. The van der Waals surface area contributed by atoms with Crippen molar-refractivity contribution >= 4 is 34.1 Å². The van der Waals surface area contributed by atoms with E-state index >= 15 is 0 Å². The number of amides is 1. The molecule has 3 rings (SSSR count).